The first-order valence-electron chi connectivity index (χ1n) is 8.85. The molecule has 0 aliphatic rings. The molecule has 1 amide bonds. The first-order valence-corrected chi connectivity index (χ1v) is 8.85. The van der Waals surface area contributed by atoms with Crippen LogP contribution in [0.15, 0.2) is 58.6 Å². The SMILES string of the molecule is CCn1cc(C(=O)N/N=C\c2ccccc2C)c(=O)c2cc(C(F)(F)F)ccc21. The Morgan fingerprint density at radius 3 is 2.59 bits per heavy atom. The number of aromatic nitrogens is 1. The highest BCUT2D eigenvalue weighted by Gasteiger charge is 2.31. The van der Waals surface area contributed by atoms with Gasteiger partial charge in [-0.05, 0) is 43.2 Å². The number of rotatable bonds is 4. The lowest BCUT2D eigenvalue weighted by Gasteiger charge is -2.13. The Bertz CT molecular complexity index is 1160. The number of pyridine rings is 1. The zero-order valence-corrected chi connectivity index (χ0v) is 15.7. The Hall–Kier alpha value is -3.42. The Morgan fingerprint density at radius 2 is 1.93 bits per heavy atom. The molecule has 0 aliphatic heterocycles. The van der Waals surface area contributed by atoms with Crippen LogP contribution in [0.1, 0.15) is 34.0 Å². The number of benzene rings is 2. The van der Waals surface area contributed by atoms with Gasteiger partial charge < -0.3 is 4.57 Å². The molecule has 1 aromatic heterocycles. The maximum absolute atomic E-state index is 13.0. The van der Waals surface area contributed by atoms with Crippen LogP contribution < -0.4 is 10.9 Å². The highest BCUT2D eigenvalue weighted by molar-refractivity contribution is 5.98. The summed E-state index contributed by atoms with van der Waals surface area (Å²) in [6.45, 7) is 4.01. The lowest BCUT2D eigenvalue weighted by atomic mass is 10.1. The molecule has 5 nitrogen and oxygen atoms in total. The summed E-state index contributed by atoms with van der Waals surface area (Å²) in [7, 11) is 0. The van der Waals surface area contributed by atoms with Crippen molar-refractivity contribution in [2.45, 2.75) is 26.6 Å². The quantitative estimate of drug-likeness (QED) is 0.528. The molecule has 0 unspecified atom stereocenters. The number of amides is 1. The van der Waals surface area contributed by atoms with E-state index < -0.39 is 23.1 Å². The normalized spacial score (nSPS) is 11.9. The van der Waals surface area contributed by atoms with Crippen molar-refractivity contribution in [3.63, 3.8) is 0 Å². The van der Waals surface area contributed by atoms with Crippen molar-refractivity contribution in [2.24, 2.45) is 5.10 Å². The van der Waals surface area contributed by atoms with E-state index in [1.807, 2.05) is 31.2 Å². The molecule has 0 fully saturated rings. The van der Waals surface area contributed by atoms with E-state index in [1.54, 1.807) is 11.5 Å². The van der Waals surface area contributed by atoms with Crippen molar-refractivity contribution < 1.29 is 18.0 Å². The smallest absolute Gasteiger partial charge is 0.347 e. The van der Waals surface area contributed by atoms with Crippen LogP contribution in [0.25, 0.3) is 10.9 Å². The molecule has 0 bridgehead atoms. The summed E-state index contributed by atoms with van der Waals surface area (Å²) >= 11 is 0. The Morgan fingerprint density at radius 1 is 1.21 bits per heavy atom. The summed E-state index contributed by atoms with van der Waals surface area (Å²) in [5, 5.41) is 3.69. The van der Waals surface area contributed by atoms with Gasteiger partial charge in [0, 0.05) is 18.1 Å². The lowest BCUT2D eigenvalue weighted by Crippen LogP contribution is -2.27. The van der Waals surface area contributed by atoms with Gasteiger partial charge in [0.2, 0.25) is 5.43 Å². The van der Waals surface area contributed by atoms with Crippen molar-refractivity contribution in [3.05, 3.63) is 81.1 Å². The Kier molecular flexibility index (Phi) is 5.54. The van der Waals surface area contributed by atoms with Crippen LogP contribution in [0, 0.1) is 6.92 Å². The van der Waals surface area contributed by atoms with Crippen LogP contribution >= 0.6 is 0 Å². The van der Waals surface area contributed by atoms with Gasteiger partial charge in [0.05, 0.1) is 17.3 Å². The first kappa shape index (κ1) is 20.3. The van der Waals surface area contributed by atoms with Crippen LogP contribution in [0.5, 0.6) is 0 Å². The van der Waals surface area contributed by atoms with Gasteiger partial charge in [0.15, 0.2) is 0 Å². The summed E-state index contributed by atoms with van der Waals surface area (Å²) in [5.41, 5.74) is 2.33. The molecule has 0 spiro atoms. The average Bonchev–Trinajstić information content (AvgIpc) is 2.68. The van der Waals surface area contributed by atoms with Gasteiger partial charge in [-0.3, -0.25) is 9.59 Å². The number of alkyl halides is 3. The number of nitrogens with one attached hydrogen (secondary N) is 1. The van der Waals surface area contributed by atoms with Crippen molar-refractivity contribution >= 4 is 23.0 Å². The van der Waals surface area contributed by atoms with E-state index in [-0.39, 0.29) is 10.9 Å². The Labute approximate surface area is 164 Å². The van der Waals surface area contributed by atoms with Crippen molar-refractivity contribution in [1.29, 1.82) is 0 Å². The summed E-state index contributed by atoms with van der Waals surface area (Å²) < 4.78 is 40.7. The minimum absolute atomic E-state index is 0.169. The van der Waals surface area contributed by atoms with Gasteiger partial charge in [0.1, 0.15) is 5.56 Å². The van der Waals surface area contributed by atoms with Gasteiger partial charge in [-0.2, -0.15) is 18.3 Å². The molecule has 3 rings (SSSR count). The van der Waals surface area contributed by atoms with E-state index in [2.05, 4.69) is 10.5 Å². The van der Waals surface area contributed by atoms with Gasteiger partial charge in [0.25, 0.3) is 5.91 Å². The number of carbonyl (C=O) groups excluding carboxylic acids is 1. The number of hydrazone groups is 1. The number of carbonyl (C=O) groups is 1. The fourth-order valence-corrected chi connectivity index (χ4v) is 2.95. The van der Waals surface area contributed by atoms with E-state index in [9.17, 15) is 22.8 Å². The third-order valence-corrected chi connectivity index (χ3v) is 4.55. The van der Waals surface area contributed by atoms with Crippen LogP contribution in [-0.4, -0.2) is 16.7 Å². The number of nitrogens with zero attached hydrogens (tertiary/aromatic N) is 2. The zero-order chi connectivity index (χ0) is 21.2. The highest BCUT2D eigenvalue weighted by atomic mass is 19.4. The molecule has 0 atom stereocenters. The van der Waals surface area contributed by atoms with Gasteiger partial charge in [-0.25, -0.2) is 5.43 Å². The van der Waals surface area contributed by atoms with Crippen LogP contribution in [0.3, 0.4) is 0 Å². The number of fused-ring (bicyclic) bond motifs is 1. The van der Waals surface area contributed by atoms with Gasteiger partial charge in [-0.15, -0.1) is 0 Å². The summed E-state index contributed by atoms with van der Waals surface area (Å²) in [4.78, 5) is 25.2. The number of hydrogen-bond donors (Lipinski definition) is 1. The Balaban J connectivity index is 2.00. The molecule has 0 aliphatic carbocycles. The monoisotopic (exact) mass is 401 g/mol. The van der Waals surface area contributed by atoms with E-state index in [1.165, 1.54) is 18.5 Å². The maximum atomic E-state index is 13.0. The molecule has 8 heteroatoms. The standard InChI is InChI=1S/C21H18F3N3O2/c1-3-27-12-17(20(29)26-25-11-14-7-5-4-6-13(14)2)19(28)16-10-15(21(22,23)24)8-9-18(16)27/h4-12H,3H2,1-2H3,(H,26,29)/b25-11-. The minimum Gasteiger partial charge on any atom is -0.347 e. The van der Waals surface area contributed by atoms with Crippen LogP contribution in [0.4, 0.5) is 13.2 Å². The molecule has 3 aromatic rings. The topological polar surface area (TPSA) is 63.5 Å². The zero-order valence-electron chi connectivity index (χ0n) is 15.7. The molecular weight excluding hydrogens is 383 g/mol. The third-order valence-electron chi connectivity index (χ3n) is 4.55. The molecule has 29 heavy (non-hydrogen) atoms. The molecule has 1 N–H and O–H groups in total. The van der Waals surface area contributed by atoms with Crippen molar-refractivity contribution in [1.82, 2.24) is 9.99 Å². The lowest BCUT2D eigenvalue weighted by molar-refractivity contribution is -0.137. The molecule has 150 valence electrons. The first-order chi connectivity index (χ1) is 13.7. The van der Waals surface area contributed by atoms with Crippen LogP contribution in [-0.2, 0) is 12.7 Å². The predicted octanol–water partition coefficient (Wildman–Crippen LogP) is 4.11. The fourth-order valence-electron chi connectivity index (χ4n) is 2.95. The predicted molar refractivity (Wildman–Crippen MR) is 105 cm³/mol. The second-order valence-corrected chi connectivity index (χ2v) is 6.44. The van der Waals surface area contributed by atoms with E-state index >= 15 is 0 Å². The number of hydrogen-bond acceptors (Lipinski definition) is 3. The molecule has 0 radical (unpaired) electrons. The molecular formula is C21H18F3N3O2. The summed E-state index contributed by atoms with van der Waals surface area (Å²) in [6, 6.07) is 10.3. The highest BCUT2D eigenvalue weighted by Crippen LogP contribution is 2.30. The molecule has 0 saturated heterocycles. The largest absolute Gasteiger partial charge is 0.416 e. The van der Waals surface area contributed by atoms with Crippen LogP contribution in [0.2, 0.25) is 0 Å². The second-order valence-electron chi connectivity index (χ2n) is 6.44. The number of aryl methyl sites for hydroxylation is 2. The van der Waals surface area contributed by atoms with Gasteiger partial charge in [-0.1, -0.05) is 24.3 Å². The third kappa shape index (κ3) is 4.21. The fraction of sp³-hybridized carbons (Fsp3) is 0.190. The van der Waals surface area contributed by atoms with Crippen molar-refractivity contribution in [3.8, 4) is 0 Å². The van der Waals surface area contributed by atoms with E-state index in [0.29, 0.717) is 12.1 Å². The maximum Gasteiger partial charge on any atom is 0.416 e. The van der Waals surface area contributed by atoms with Gasteiger partial charge >= 0.3 is 6.18 Å². The summed E-state index contributed by atoms with van der Waals surface area (Å²) in [5.74, 6) is -0.790. The summed E-state index contributed by atoms with van der Waals surface area (Å²) in [6.07, 6.45) is -1.82. The molecule has 2 aromatic carbocycles. The van der Waals surface area contributed by atoms with Crippen molar-refractivity contribution in [2.75, 3.05) is 0 Å². The number of halogens is 3. The molecule has 1 heterocycles. The second kappa shape index (κ2) is 7.90. The van der Waals surface area contributed by atoms with E-state index in [0.717, 1.165) is 23.3 Å². The minimum atomic E-state index is -4.59. The average molecular weight is 401 g/mol. The van der Waals surface area contributed by atoms with E-state index in [4.69, 9.17) is 0 Å². The molecule has 0 saturated carbocycles.